The van der Waals surface area contributed by atoms with Crippen LogP contribution >= 0.6 is 11.3 Å². The highest BCUT2D eigenvalue weighted by Crippen LogP contribution is 2.37. The molecule has 0 radical (unpaired) electrons. The molecule has 6 nitrogen and oxygen atoms in total. The van der Waals surface area contributed by atoms with Crippen molar-refractivity contribution in [3.05, 3.63) is 88.8 Å². The molecule has 0 aliphatic rings. The Morgan fingerprint density at radius 2 is 2.00 bits per heavy atom. The van der Waals surface area contributed by atoms with Crippen LogP contribution in [-0.2, 0) is 0 Å². The predicted molar refractivity (Wildman–Crippen MR) is 121 cm³/mol. The largest absolute Gasteiger partial charge is 0.508 e. The SMILES string of the molecule is Cc1ccc(-c2nc(/C(C#N)=C/c3cccc(O)c3)sc2NC(=O)c2ccco2)cc1. The summed E-state index contributed by atoms with van der Waals surface area (Å²) < 4.78 is 5.18. The number of aryl methyl sites for hydroxylation is 1. The number of carbonyl (C=O) groups is 1. The van der Waals surface area contributed by atoms with Crippen molar-refractivity contribution in [2.24, 2.45) is 0 Å². The number of hydrogen-bond donors (Lipinski definition) is 2. The summed E-state index contributed by atoms with van der Waals surface area (Å²) in [6, 6.07) is 19.7. The van der Waals surface area contributed by atoms with Gasteiger partial charge in [-0.3, -0.25) is 4.79 Å². The second-order valence-electron chi connectivity index (χ2n) is 6.76. The first kappa shape index (κ1) is 20.1. The summed E-state index contributed by atoms with van der Waals surface area (Å²) in [5.74, 6) is -0.110. The van der Waals surface area contributed by atoms with E-state index in [2.05, 4.69) is 16.4 Å². The van der Waals surface area contributed by atoms with Gasteiger partial charge in [0, 0.05) is 5.56 Å². The molecule has 4 aromatic rings. The summed E-state index contributed by atoms with van der Waals surface area (Å²) in [7, 11) is 0. The van der Waals surface area contributed by atoms with Crippen molar-refractivity contribution in [1.82, 2.24) is 4.98 Å². The maximum absolute atomic E-state index is 12.6. The molecule has 0 atom stereocenters. The number of nitrogens with one attached hydrogen (secondary N) is 1. The van der Waals surface area contributed by atoms with Gasteiger partial charge in [-0.15, -0.1) is 0 Å². The number of aromatic nitrogens is 1. The summed E-state index contributed by atoms with van der Waals surface area (Å²) in [5, 5.41) is 23.2. The minimum absolute atomic E-state index is 0.108. The van der Waals surface area contributed by atoms with Gasteiger partial charge in [0.2, 0.25) is 0 Å². The molecular weight excluding hydrogens is 410 g/mol. The monoisotopic (exact) mass is 427 g/mol. The van der Waals surface area contributed by atoms with Gasteiger partial charge in [0.25, 0.3) is 5.91 Å². The number of phenols is 1. The summed E-state index contributed by atoms with van der Waals surface area (Å²) in [6.07, 6.45) is 3.08. The highest BCUT2D eigenvalue weighted by molar-refractivity contribution is 7.17. The Hall–Kier alpha value is -4.15. The molecule has 31 heavy (non-hydrogen) atoms. The van der Waals surface area contributed by atoms with Crippen LogP contribution in [0.4, 0.5) is 5.00 Å². The van der Waals surface area contributed by atoms with Gasteiger partial charge in [0.05, 0.1) is 11.8 Å². The second-order valence-corrected chi connectivity index (χ2v) is 7.76. The predicted octanol–water partition coefficient (Wildman–Crippen LogP) is 5.73. The lowest BCUT2D eigenvalue weighted by molar-refractivity contribution is 0.0997. The molecule has 2 N–H and O–H groups in total. The van der Waals surface area contributed by atoms with E-state index in [1.807, 2.05) is 31.2 Å². The molecule has 2 aromatic heterocycles. The van der Waals surface area contributed by atoms with Crippen LogP contribution in [0.5, 0.6) is 5.75 Å². The summed E-state index contributed by atoms with van der Waals surface area (Å²) in [6.45, 7) is 1.99. The van der Waals surface area contributed by atoms with E-state index in [1.165, 1.54) is 17.6 Å². The Balaban J connectivity index is 1.77. The van der Waals surface area contributed by atoms with Crippen LogP contribution in [0.25, 0.3) is 22.9 Å². The van der Waals surface area contributed by atoms with Crippen LogP contribution in [0.15, 0.2) is 71.3 Å². The van der Waals surface area contributed by atoms with Crippen molar-refractivity contribution < 1.29 is 14.3 Å². The number of allylic oxidation sites excluding steroid dienone is 1. The summed E-state index contributed by atoms with van der Waals surface area (Å²) >= 11 is 1.20. The molecule has 0 bridgehead atoms. The topological polar surface area (TPSA) is 99.1 Å². The molecule has 1 amide bonds. The average molecular weight is 427 g/mol. The molecule has 2 heterocycles. The number of aromatic hydroxyl groups is 1. The number of nitriles is 1. The zero-order valence-electron chi connectivity index (χ0n) is 16.5. The molecule has 0 unspecified atom stereocenters. The number of furan rings is 1. The van der Waals surface area contributed by atoms with Crippen LogP contribution in [0.3, 0.4) is 0 Å². The number of rotatable bonds is 5. The van der Waals surface area contributed by atoms with Gasteiger partial charge < -0.3 is 14.8 Å². The van der Waals surface area contributed by atoms with E-state index in [1.54, 1.807) is 42.5 Å². The van der Waals surface area contributed by atoms with E-state index in [-0.39, 0.29) is 11.5 Å². The molecule has 0 aliphatic carbocycles. The molecule has 4 rings (SSSR count). The Bertz CT molecular complexity index is 1300. The average Bonchev–Trinajstić information content (AvgIpc) is 3.43. The summed E-state index contributed by atoms with van der Waals surface area (Å²) in [5.41, 5.74) is 3.48. The third-order valence-corrected chi connectivity index (χ3v) is 5.46. The van der Waals surface area contributed by atoms with Crippen molar-refractivity contribution in [1.29, 1.82) is 5.26 Å². The lowest BCUT2D eigenvalue weighted by Crippen LogP contribution is -2.10. The van der Waals surface area contributed by atoms with Crippen LogP contribution in [0.2, 0.25) is 0 Å². The Labute approximate surface area is 182 Å². The van der Waals surface area contributed by atoms with E-state index in [9.17, 15) is 15.2 Å². The number of carbonyl (C=O) groups excluding carboxylic acids is 1. The van der Waals surface area contributed by atoms with Gasteiger partial charge in [-0.1, -0.05) is 53.3 Å². The van der Waals surface area contributed by atoms with E-state index < -0.39 is 5.91 Å². The molecule has 0 aliphatic heterocycles. The van der Waals surface area contributed by atoms with Gasteiger partial charge in [-0.05, 0) is 42.8 Å². The van der Waals surface area contributed by atoms with Gasteiger partial charge in [0.1, 0.15) is 27.5 Å². The van der Waals surface area contributed by atoms with Crippen molar-refractivity contribution in [3.8, 4) is 23.1 Å². The number of thiazole rings is 1. The van der Waals surface area contributed by atoms with Crippen LogP contribution in [0, 0.1) is 18.3 Å². The minimum atomic E-state index is -0.399. The highest BCUT2D eigenvalue weighted by Gasteiger charge is 2.19. The lowest BCUT2D eigenvalue weighted by atomic mass is 10.1. The molecule has 0 saturated carbocycles. The van der Waals surface area contributed by atoms with Gasteiger partial charge in [-0.2, -0.15) is 5.26 Å². The molecular formula is C24H17N3O3S. The van der Waals surface area contributed by atoms with E-state index in [0.29, 0.717) is 26.8 Å². The molecule has 0 spiro atoms. The molecule has 7 heteroatoms. The Morgan fingerprint density at radius 3 is 2.68 bits per heavy atom. The van der Waals surface area contributed by atoms with E-state index in [0.717, 1.165) is 11.1 Å². The first-order valence-electron chi connectivity index (χ1n) is 9.37. The Kier molecular flexibility index (Phi) is 5.65. The fraction of sp³-hybridized carbons (Fsp3) is 0.0417. The summed E-state index contributed by atoms with van der Waals surface area (Å²) in [4.78, 5) is 17.2. The lowest BCUT2D eigenvalue weighted by Gasteiger charge is -2.04. The second kappa shape index (κ2) is 8.69. The quantitative estimate of drug-likeness (QED) is 0.396. The van der Waals surface area contributed by atoms with E-state index in [4.69, 9.17) is 4.42 Å². The zero-order chi connectivity index (χ0) is 21.8. The highest BCUT2D eigenvalue weighted by atomic mass is 32.1. The van der Waals surface area contributed by atoms with Crippen molar-refractivity contribution in [2.45, 2.75) is 6.92 Å². The molecule has 0 saturated heterocycles. The van der Waals surface area contributed by atoms with Crippen LogP contribution in [-0.4, -0.2) is 16.0 Å². The van der Waals surface area contributed by atoms with Gasteiger partial charge in [0.15, 0.2) is 5.76 Å². The maximum atomic E-state index is 12.6. The van der Waals surface area contributed by atoms with E-state index >= 15 is 0 Å². The molecule has 0 fully saturated rings. The Morgan fingerprint density at radius 1 is 1.19 bits per heavy atom. The number of nitrogens with zero attached hydrogens (tertiary/aromatic N) is 2. The van der Waals surface area contributed by atoms with Gasteiger partial charge in [-0.25, -0.2) is 4.98 Å². The maximum Gasteiger partial charge on any atom is 0.292 e. The molecule has 152 valence electrons. The normalized spacial score (nSPS) is 11.2. The van der Waals surface area contributed by atoms with Crippen LogP contribution < -0.4 is 5.32 Å². The van der Waals surface area contributed by atoms with Crippen molar-refractivity contribution in [2.75, 3.05) is 5.32 Å². The minimum Gasteiger partial charge on any atom is -0.508 e. The molecule has 2 aromatic carbocycles. The number of amides is 1. The fourth-order valence-corrected chi connectivity index (χ4v) is 3.87. The van der Waals surface area contributed by atoms with Crippen molar-refractivity contribution >= 4 is 33.9 Å². The number of phenolic OH excluding ortho intramolecular Hbond substituents is 1. The van der Waals surface area contributed by atoms with Crippen LogP contribution in [0.1, 0.15) is 26.7 Å². The smallest absolute Gasteiger partial charge is 0.292 e. The number of anilines is 1. The number of hydrogen-bond acceptors (Lipinski definition) is 6. The first-order valence-corrected chi connectivity index (χ1v) is 10.2. The third kappa shape index (κ3) is 4.55. The van der Waals surface area contributed by atoms with Gasteiger partial charge >= 0.3 is 0 Å². The van der Waals surface area contributed by atoms with Crippen molar-refractivity contribution in [3.63, 3.8) is 0 Å². The fourth-order valence-electron chi connectivity index (χ4n) is 2.92. The number of benzene rings is 2. The third-order valence-electron chi connectivity index (χ3n) is 4.46. The standard InChI is InChI=1S/C24H17N3O3S/c1-15-7-9-17(10-8-15)21-24(27-22(29)20-6-3-11-30-20)31-23(26-21)18(14-25)12-16-4-2-5-19(28)13-16/h2-13,28H,1H3,(H,27,29)/b18-12+. The first-order chi connectivity index (χ1) is 15.0. The zero-order valence-corrected chi connectivity index (χ0v) is 17.3.